The van der Waals surface area contributed by atoms with Crippen molar-refractivity contribution in [3.8, 4) is 6.07 Å². The molecule has 0 aliphatic carbocycles. The van der Waals surface area contributed by atoms with Crippen molar-refractivity contribution in [1.29, 1.82) is 5.26 Å². The molecule has 0 bridgehead atoms. The molecule has 0 radical (unpaired) electrons. The van der Waals surface area contributed by atoms with E-state index < -0.39 is 16.1 Å². The summed E-state index contributed by atoms with van der Waals surface area (Å²) in [4.78, 5) is 13.6. The number of hydrogen-bond donors (Lipinski definition) is 0. The van der Waals surface area contributed by atoms with Gasteiger partial charge in [-0.05, 0) is 18.6 Å². The molecule has 0 spiro atoms. The highest BCUT2D eigenvalue weighted by Gasteiger charge is 2.40. The largest absolute Gasteiger partial charge is 0.321 e. The van der Waals surface area contributed by atoms with Crippen LogP contribution in [0.4, 0.5) is 0 Å². The average Bonchev–Trinajstić information content (AvgIpc) is 3.27. The van der Waals surface area contributed by atoms with Gasteiger partial charge >= 0.3 is 0 Å². The van der Waals surface area contributed by atoms with Crippen molar-refractivity contribution >= 4 is 15.9 Å². The van der Waals surface area contributed by atoms with Crippen LogP contribution in [0.25, 0.3) is 0 Å². The van der Waals surface area contributed by atoms with Gasteiger partial charge in [-0.3, -0.25) is 4.79 Å². The second-order valence-corrected chi connectivity index (χ2v) is 6.78. The van der Waals surface area contributed by atoms with Gasteiger partial charge in [0.2, 0.25) is 15.9 Å². The number of benzene rings is 1. The molecule has 1 fully saturated rings. The average molecular weight is 307 g/mol. The van der Waals surface area contributed by atoms with E-state index in [0.29, 0.717) is 13.0 Å². The summed E-state index contributed by atoms with van der Waals surface area (Å²) in [5, 5.41) is 8.72. The smallest absolute Gasteiger partial charge is 0.243 e. The van der Waals surface area contributed by atoms with Gasteiger partial charge < -0.3 is 4.90 Å². The summed E-state index contributed by atoms with van der Waals surface area (Å²) in [6.45, 7) is 2.30. The van der Waals surface area contributed by atoms with Gasteiger partial charge in [0.25, 0.3) is 0 Å². The number of nitriles is 1. The minimum absolute atomic E-state index is 0.175. The first-order valence-electron chi connectivity index (χ1n) is 6.75. The van der Waals surface area contributed by atoms with Gasteiger partial charge in [0.1, 0.15) is 6.04 Å². The minimum Gasteiger partial charge on any atom is -0.321 e. The lowest BCUT2D eigenvalue weighted by atomic mass is 10.4. The third-order valence-electron chi connectivity index (χ3n) is 3.25. The Hall–Kier alpha value is -1.91. The molecule has 112 valence electrons. The third kappa shape index (κ3) is 3.40. The first-order valence-corrected chi connectivity index (χ1v) is 8.19. The molecule has 1 amide bonds. The molecule has 1 aromatic rings. The van der Waals surface area contributed by atoms with Crippen LogP contribution in [0.15, 0.2) is 35.2 Å². The predicted octanol–water partition coefficient (Wildman–Crippen LogP) is 0.822. The number of hydrogen-bond acceptors (Lipinski definition) is 4. The maximum absolute atomic E-state index is 12.5. The zero-order valence-electron chi connectivity index (χ0n) is 11.8. The van der Waals surface area contributed by atoms with E-state index in [1.54, 1.807) is 18.2 Å². The Morgan fingerprint density at radius 1 is 1.43 bits per heavy atom. The summed E-state index contributed by atoms with van der Waals surface area (Å²) in [5.41, 5.74) is 0. The molecule has 1 aliphatic rings. The number of amides is 1. The van der Waals surface area contributed by atoms with E-state index in [1.807, 2.05) is 13.0 Å². The van der Waals surface area contributed by atoms with E-state index in [1.165, 1.54) is 21.3 Å². The highest BCUT2D eigenvalue weighted by molar-refractivity contribution is 7.89. The summed E-state index contributed by atoms with van der Waals surface area (Å²) in [5.74, 6) is -0.325. The van der Waals surface area contributed by atoms with Crippen LogP contribution in [0.1, 0.15) is 13.3 Å². The van der Waals surface area contributed by atoms with Crippen molar-refractivity contribution < 1.29 is 13.2 Å². The van der Waals surface area contributed by atoms with Crippen LogP contribution in [0.5, 0.6) is 0 Å². The van der Waals surface area contributed by atoms with Crippen molar-refractivity contribution in [3.63, 3.8) is 0 Å². The fourth-order valence-electron chi connectivity index (χ4n) is 2.04. The molecule has 1 atom stereocenters. The van der Waals surface area contributed by atoms with Gasteiger partial charge in [-0.25, -0.2) is 8.42 Å². The predicted molar refractivity (Wildman–Crippen MR) is 76.6 cm³/mol. The number of carbonyl (C=O) groups excluding carboxylic acids is 1. The fourth-order valence-corrected chi connectivity index (χ4v) is 3.54. The Balaban J connectivity index is 2.16. The van der Waals surface area contributed by atoms with E-state index >= 15 is 0 Å². The van der Waals surface area contributed by atoms with Gasteiger partial charge in [0, 0.05) is 6.54 Å². The molecule has 6 nitrogen and oxygen atoms in total. The molecular weight excluding hydrogens is 290 g/mol. The monoisotopic (exact) mass is 307 g/mol. The second-order valence-electron chi connectivity index (χ2n) is 4.84. The zero-order valence-corrected chi connectivity index (χ0v) is 12.6. The van der Waals surface area contributed by atoms with Crippen LogP contribution in [-0.4, -0.2) is 49.2 Å². The topological polar surface area (TPSA) is 81.2 Å². The molecule has 1 heterocycles. The first kappa shape index (κ1) is 15.5. The Labute approximate surface area is 124 Å². The molecule has 7 heteroatoms. The van der Waals surface area contributed by atoms with Crippen LogP contribution in [0, 0.1) is 11.3 Å². The third-order valence-corrected chi connectivity index (χ3v) is 5.11. The quantitative estimate of drug-likeness (QED) is 0.729. The maximum Gasteiger partial charge on any atom is 0.243 e. The summed E-state index contributed by atoms with van der Waals surface area (Å²) >= 11 is 0. The molecule has 21 heavy (non-hydrogen) atoms. The van der Waals surface area contributed by atoms with Crippen molar-refractivity contribution in [1.82, 2.24) is 9.21 Å². The van der Waals surface area contributed by atoms with Gasteiger partial charge in [0.15, 0.2) is 0 Å². The van der Waals surface area contributed by atoms with Crippen molar-refractivity contribution in [2.45, 2.75) is 24.3 Å². The maximum atomic E-state index is 12.5. The van der Waals surface area contributed by atoms with Crippen LogP contribution in [0.2, 0.25) is 0 Å². The Bertz CT molecular complexity index is 652. The summed E-state index contributed by atoms with van der Waals surface area (Å²) in [7, 11) is -3.69. The minimum atomic E-state index is -3.69. The normalized spacial score (nSPS) is 17.6. The lowest BCUT2D eigenvalue weighted by molar-refractivity contribution is -0.126. The molecule has 1 aliphatic heterocycles. The van der Waals surface area contributed by atoms with Crippen molar-refractivity contribution in [2.75, 3.05) is 19.6 Å². The zero-order chi connectivity index (χ0) is 15.5. The molecule has 0 aromatic heterocycles. The molecule has 1 saturated heterocycles. The van der Waals surface area contributed by atoms with Crippen LogP contribution >= 0.6 is 0 Å². The Morgan fingerprint density at radius 3 is 2.62 bits per heavy atom. The van der Waals surface area contributed by atoms with Crippen LogP contribution in [0.3, 0.4) is 0 Å². The van der Waals surface area contributed by atoms with E-state index in [2.05, 4.69) is 0 Å². The van der Waals surface area contributed by atoms with Crippen LogP contribution < -0.4 is 0 Å². The standard InChI is InChI=1S/C14H17N3O3S/c1-2-8-16(11-14(18)17-10-12(17)9-15)21(19,20)13-6-4-3-5-7-13/h3-7,12H,2,8,10-11H2,1H3. The molecule has 0 saturated carbocycles. The van der Waals surface area contributed by atoms with E-state index in [0.717, 1.165) is 0 Å². The molecule has 1 aromatic carbocycles. The van der Waals surface area contributed by atoms with Crippen LogP contribution in [-0.2, 0) is 14.8 Å². The molecular formula is C14H17N3O3S. The Morgan fingerprint density at radius 2 is 2.10 bits per heavy atom. The van der Waals surface area contributed by atoms with Gasteiger partial charge in [0.05, 0.1) is 24.1 Å². The molecule has 1 unspecified atom stereocenters. The van der Waals surface area contributed by atoms with E-state index in [-0.39, 0.29) is 23.9 Å². The lowest BCUT2D eigenvalue weighted by Crippen LogP contribution is -2.38. The van der Waals surface area contributed by atoms with E-state index in [9.17, 15) is 13.2 Å². The number of rotatable bonds is 6. The summed E-state index contributed by atoms with van der Waals surface area (Å²) in [6, 6.07) is 9.64. The highest BCUT2D eigenvalue weighted by Crippen LogP contribution is 2.20. The lowest BCUT2D eigenvalue weighted by Gasteiger charge is -2.21. The molecule has 0 N–H and O–H groups in total. The van der Waals surface area contributed by atoms with E-state index in [4.69, 9.17) is 5.26 Å². The van der Waals surface area contributed by atoms with Gasteiger partial charge in [-0.2, -0.15) is 9.57 Å². The first-order chi connectivity index (χ1) is 10.0. The summed E-state index contributed by atoms with van der Waals surface area (Å²) in [6.07, 6.45) is 0.612. The highest BCUT2D eigenvalue weighted by atomic mass is 32.2. The van der Waals surface area contributed by atoms with Gasteiger partial charge in [-0.15, -0.1) is 0 Å². The summed E-state index contributed by atoms with van der Waals surface area (Å²) < 4.78 is 26.3. The Kier molecular flexibility index (Phi) is 4.60. The van der Waals surface area contributed by atoms with Crippen molar-refractivity contribution in [2.24, 2.45) is 0 Å². The number of carbonyl (C=O) groups is 1. The number of sulfonamides is 1. The second kappa shape index (κ2) is 6.24. The molecule has 2 rings (SSSR count). The van der Waals surface area contributed by atoms with Crippen molar-refractivity contribution in [3.05, 3.63) is 30.3 Å². The number of nitrogens with zero attached hydrogens (tertiary/aromatic N) is 3. The SMILES string of the molecule is CCCN(CC(=O)N1CC1C#N)S(=O)(=O)c1ccccc1. The van der Waals surface area contributed by atoms with Gasteiger partial charge in [-0.1, -0.05) is 25.1 Å². The fraction of sp³-hybridized carbons (Fsp3) is 0.429.